The molecular formula is C26H25N5O3S. The highest BCUT2D eigenvalue weighted by atomic mass is 32.2. The van der Waals surface area contributed by atoms with Gasteiger partial charge in [0.25, 0.3) is 0 Å². The molecular weight excluding hydrogens is 462 g/mol. The van der Waals surface area contributed by atoms with Gasteiger partial charge in [0.15, 0.2) is 5.82 Å². The van der Waals surface area contributed by atoms with Crippen molar-refractivity contribution in [3.05, 3.63) is 95.8 Å². The second kappa shape index (κ2) is 10.1. The summed E-state index contributed by atoms with van der Waals surface area (Å²) >= 11 is 1.37. The van der Waals surface area contributed by atoms with E-state index in [0.29, 0.717) is 22.4 Å². The first-order valence-electron chi connectivity index (χ1n) is 11.2. The van der Waals surface area contributed by atoms with Gasteiger partial charge in [-0.05, 0) is 36.8 Å². The molecule has 2 N–H and O–H groups in total. The maximum absolute atomic E-state index is 13.5. The van der Waals surface area contributed by atoms with Gasteiger partial charge in [0.05, 0.1) is 13.2 Å². The van der Waals surface area contributed by atoms with Crippen LogP contribution in [0.4, 0.5) is 5.69 Å². The van der Waals surface area contributed by atoms with Crippen molar-refractivity contribution in [2.45, 2.75) is 30.0 Å². The molecule has 3 aromatic carbocycles. The van der Waals surface area contributed by atoms with Crippen LogP contribution in [0.2, 0.25) is 0 Å². The first-order valence-corrected chi connectivity index (χ1v) is 12.1. The van der Waals surface area contributed by atoms with Crippen LogP contribution in [0.1, 0.15) is 23.0 Å². The van der Waals surface area contributed by atoms with Crippen molar-refractivity contribution in [2.24, 2.45) is 0 Å². The van der Waals surface area contributed by atoms with Crippen molar-refractivity contribution in [1.29, 1.82) is 0 Å². The van der Waals surface area contributed by atoms with E-state index >= 15 is 0 Å². The number of nitrogens with one attached hydrogen (secondary N) is 2. The summed E-state index contributed by atoms with van der Waals surface area (Å²) in [5.41, 5.74) is 6.27. The minimum absolute atomic E-state index is 0.141. The van der Waals surface area contributed by atoms with E-state index in [2.05, 4.69) is 20.9 Å². The first kappa shape index (κ1) is 22.8. The molecule has 2 heterocycles. The summed E-state index contributed by atoms with van der Waals surface area (Å²) < 4.78 is 13.0. The van der Waals surface area contributed by atoms with Crippen LogP contribution in [0.15, 0.2) is 84.0 Å². The molecule has 0 saturated heterocycles. The lowest BCUT2D eigenvalue weighted by Crippen LogP contribution is -2.41. The van der Waals surface area contributed by atoms with Gasteiger partial charge in [0.1, 0.15) is 23.4 Å². The summed E-state index contributed by atoms with van der Waals surface area (Å²) in [6.45, 7) is 2.28. The summed E-state index contributed by atoms with van der Waals surface area (Å²) in [6, 6.07) is 24.7. The third-order valence-electron chi connectivity index (χ3n) is 5.65. The molecule has 4 aromatic rings. The number of hydrogen-bond acceptors (Lipinski definition) is 7. The molecule has 1 aromatic heterocycles. The molecule has 0 bridgehead atoms. The molecule has 9 heteroatoms. The number of aromatic nitrogens is 3. The fraction of sp³-hybridized carbons (Fsp3) is 0.192. The molecule has 0 spiro atoms. The second-order valence-corrected chi connectivity index (χ2v) is 9.22. The van der Waals surface area contributed by atoms with Crippen LogP contribution in [-0.2, 0) is 11.4 Å². The molecule has 1 aliphatic heterocycles. The van der Waals surface area contributed by atoms with Crippen molar-refractivity contribution < 1.29 is 14.3 Å². The Morgan fingerprint density at radius 1 is 1.03 bits per heavy atom. The Balaban J connectivity index is 1.41. The molecule has 0 radical (unpaired) electrons. The highest BCUT2D eigenvalue weighted by Gasteiger charge is 2.38. The third kappa shape index (κ3) is 5.09. The van der Waals surface area contributed by atoms with Gasteiger partial charge in [0, 0.05) is 11.8 Å². The Labute approximate surface area is 207 Å². The number of benzene rings is 3. The van der Waals surface area contributed by atoms with Gasteiger partial charge in [-0.15, -0.1) is 10.2 Å². The van der Waals surface area contributed by atoms with Gasteiger partial charge >= 0.3 is 0 Å². The largest absolute Gasteiger partial charge is 0.497 e. The van der Waals surface area contributed by atoms with Crippen molar-refractivity contribution in [1.82, 2.24) is 14.9 Å². The van der Waals surface area contributed by atoms with E-state index < -0.39 is 5.25 Å². The topological polar surface area (TPSA) is 90.3 Å². The van der Waals surface area contributed by atoms with E-state index in [9.17, 15) is 4.79 Å². The number of fused-ring (bicyclic) bond motifs is 1. The maximum atomic E-state index is 13.5. The van der Waals surface area contributed by atoms with E-state index in [0.717, 1.165) is 16.9 Å². The molecule has 2 atom stereocenters. The molecule has 1 aliphatic rings. The predicted molar refractivity (Wildman–Crippen MR) is 135 cm³/mol. The van der Waals surface area contributed by atoms with E-state index in [1.807, 2.05) is 84.4 Å². The number of carbonyl (C=O) groups is 1. The Bertz CT molecular complexity index is 1310. The quantitative estimate of drug-likeness (QED) is 0.395. The Hall–Kier alpha value is -3.98. The molecule has 5 rings (SSSR count). The standard InChI is InChI=1S/C26H25N5O3S/c1-17-11-13-18(14-12-17)23-24(25(32)27-19-7-6-10-21(15-19)33-2)35-26-29-28-22(31(26)30-23)16-34-20-8-4-3-5-9-20/h3-15,23-24,30H,16H2,1-2H3,(H,27,32)/t23-,24-/m1/s1. The van der Waals surface area contributed by atoms with Gasteiger partial charge in [-0.2, -0.15) is 0 Å². The second-order valence-electron chi connectivity index (χ2n) is 8.11. The average molecular weight is 488 g/mol. The third-order valence-corrected chi connectivity index (χ3v) is 6.86. The van der Waals surface area contributed by atoms with Crippen LogP contribution in [0.3, 0.4) is 0 Å². The van der Waals surface area contributed by atoms with E-state index in [4.69, 9.17) is 9.47 Å². The fourth-order valence-corrected chi connectivity index (χ4v) is 4.89. The van der Waals surface area contributed by atoms with Gasteiger partial charge in [-0.25, -0.2) is 4.68 Å². The van der Waals surface area contributed by atoms with E-state index in [-0.39, 0.29) is 18.6 Å². The van der Waals surface area contributed by atoms with Crippen LogP contribution < -0.4 is 20.2 Å². The monoisotopic (exact) mass is 487 g/mol. The number of thioether (sulfide) groups is 1. The lowest BCUT2D eigenvalue weighted by Gasteiger charge is -2.33. The van der Waals surface area contributed by atoms with Crippen molar-refractivity contribution in [3.8, 4) is 11.5 Å². The average Bonchev–Trinajstić information content (AvgIpc) is 3.30. The number of amides is 1. The van der Waals surface area contributed by atoms with Crippen molar-refractivity contribution >= 4 is 23.4 Å². The summed E-state index contributed by atoms with van der Waals surface area (Å²) in [6.07, 6.45) is 0. The number of anilines is 1. The Kier molecular flexibility index (Phi) is 6.58. The lowest BCUT2D eigenvalue weighted by molar-refractivity contribution is -0.116. The summed E-state index contributed by atoms with van der Waals surface area (Å²) in [4.78, 5) is 13.5. The van der Waals surface area contributed by atoms with Gasteiger partial charge < -0.3 is 20.2 Å². The number of hydrogen-bond donors (Lipinski definition) is 2. The highest BCUT2D eigenvalue weighted by Crippen LogP contribution is 2.38. The maximum Gasteiger partial charge on any atom is 0.240 e. The minimum Gasteiger partial charge on any atom is -0.497 e. The fourth-order valence-electron chi connectivity index (χ4n) is 3.79. The molecule has 1 amide bonds. The Morgan fingerprint density at radius 2 is 1.80 bits per heavy atom. The Morgan fingerprint density at radius 3 is 2.57 bits per heavy atom. The number of methoxy groups -OCH3 is 1. The molecule has 0 aliphatic carbocycles. The predicted octanol–water partition coefficient (Wildman–Crippen LogP) is 4.57. The normalized spacial score (nSPS) is 16.6. The minimum atomic E-state index is -0.483. The van der Waals surface area contributed by atoms with Gasteiger partial charge in [0.2, 0.25) is 11.1 Å². The smallest absolute Gasteiger partial charge is 0.240 e. The molecule has 0 saturated carbocycles. The summed E-state index contributed by atoms with van der Waals surface area (Å²) in [7, 11) is 1.60. The molecule has 178 valence electrons. The number of ether oxygens (including phenoxy) is 2. The number of carbonyl (C=O) groups excluding carboxylic acids is 1. The molecule has 35 heavy (non-hydrogen) atoms. The zero-order chi connectivity index (χ0) is 24.2. The molecule has 0 fully saturated rings. The van der Waals surface area contributed by atoms with Crippen molar-refractivity contribution in [2.75, 3.05) is 17.9 Å². The van der Waals surface area contributed by atoms with E-state index in [1.54, 1.807) is 13.2 Å². The van der Waals surface area contributed by atoms with Crippen LogP contribution >= 0.6 is 11.8 Å². The number of rotatable bonds is 7. The number of nitrogens with zero attached hydrogens (tertiary/aromatic N) is 3. The molecule has 0 unspecified atom stereocenters. The molecule has 8 nitrogen and oxygen atoms in total. The van der Waals surface area contributed by atoms with Crippen molar-refractivity contribution in [3.63, 3.8) is 0 Å². The highest BCUT2D eigenvalue weighted by molar-refractivity contribution is 8.00. The van der Waals surface area contributed by atoms with Crippen LogP contribution in [0.5, 0.6) is 11.5 Å². The van der Waals surface area contributed by atoms with Crippen LogP contribution in [-0.4, -0.2) is 33.1 Å². The first-order chi connectivity index (χ1) is 17.1. The lowest BCUT2D eigenvalue weighted by atomic mass is 10.0. The van der Waals surface area contributed by atoms with Gasteiger partial charge in [-0.3, -0.25) is 4.79 Å². The number of para-hydroxylation sites is 1. The van der Waals surface area contributed by atoms with Gasteiger partial charge in [-0.1, -0.05) is 65.9 Å². The zero-order valence-electron chi connectivity index (χ0n) is 19.3. The summed E-state index contributed by atoms with van der Waals surface area (Å²) in [5, 5.41) is 11.8. The summed E-state index contributed by atoms with van der Waals surface area (Å²) in [5.74, 6) is 1.91. The number of aryl methyl sites for hydroxylation is 1. The van der Waals surface area contributed by atoms with Crippen LogP contribution in [0.25, 0.3) is 0 Å². The SMILES string of the molecule is COc1cccc(NC(=O)[C@@H]2Sc3nnc(COc4ccccc4)n3N[C@@H]2c2ccc(C)cc2)c1. The van der Waals surface area contributed by atoms with E-state index in [1.165, 1.54) is 11.8 Å². The van der Waals surface area contributed by atoms with Crippen LogP contribution in [0, 0.1) is 6.92 Å². The zero-order valence-corrected chi connectivity index (χ0v) is 20.2.